The number of aryl methyl sites for hydroxylation is 1. The van der Waals surface area contributed by atoms with Crippen LogP contribution in [0.2, 0.25) is 0 Å². The standard InChI is InChI=1S/C18H23F3N4/c19-15-10-17(21)16(20)9-13(15)8-14(22)6-7-25-11-18(23-24-25)12-4-2-1-3-5-12/h9-12,14H,1-8,22H2/t14-/m0/s1. The van der Waals surface area contributed by atoms with Crippen molar-refractivity contribution in [3.63, 3.8) is 0 Å². The average Bonchev–Trinajstić information content (AvgIpc) is 3.08. The fraction of sp³-hybridized carbons (Fsp3) is 0.556. The van der Waals surface area contributed by atoms with Gasteiger partial charge in [-0.2, -0.15) is 0 Å². The minimum atomic E-state index is -1.19. The smallest absolute Gasteiger partial charge is 0.161 e. The van der Waals surface area contributed by atoms with Crippen LogP contribution in [0.1, 0.15) is 55.7 Å². The Labute approximate surface area is 145 Å². The largest absolute Gasteiger partial charge is 0.327 e. The molecule has 0 radical (unpaired) electrons. The molecule has 0 aliphatic heterocycles. The molecule has 0 spiro atoms. The van der Waals surface area contributed by atoms with Gasteiger partial charge in [-0.3, -0.25) is 4.68 Å². The molecule has 1 aliphatic rings. The van der Waals surface area contributed by atoms with Crippen molar-refractivity contribution in [2.24, 2.45) is 5.73 Å². The maximum atomic E-state index is 13.7. The first-order valence-electron chi connectivity index (χ1n) is 8.82. The molecular weight excluding hydrogens is 329 g/mol. The molecule has 4 nitrogen and oxygen atoms in total. The third kappa shape index (κ3) is 4.60. The molecule has 0 bridgehead atoms. The fourth-order valence-corrected chi connectivity index (χ4v) is 3.41. The SMILES string of the molecule is N[C@@H](CCn1cc(C2CCCCC2)nn1)Cc1cc(F)c(F)cc1F. The van der Waals surface area contributed by atoms with Gasteiger partial charge in [0, 0.05) is 30.8 Å². The van der Waals surface area contributed by atoms with E-state index in [1.54, 1.807) is 4.68 Å². The molecule has 1 aliphatic carbocycles. The van der Waals surface area contributed by atoms with Crippen molar-refractivity contribution in [1.29, 1.82) is 0 Å². The van der Waals surface area contributed by atoms with E-state index in [2.05, 4.69) is 10.3 Å². The van der Waals surface area contributed by atoms with Crippen molar-refractivity contribution in [3.05, 3.63) is 47.0 Å². The maximum Gasteiger partial charge on any atom is 0.161 e. The number of nitrogens with two attached hydrogens (primary N) is 1. The highest BCUT2D eigenvalue weighted by molar-refractivity contribution is 5.21. The quantitative estimate of drug-likeness (QED) is 0.807. The van der Waals surface area contributed by atoms with Crippen LogP contribution in [0.15, 0.2) is 18.3 Å². The van der Waals surface area contributed by atoms with Gasteiger partial charge < -0.3 is 5.73 Å². The maximum absolute atomic E-state index is 13.7. The summed E-state index contributed by atoms with van der Waals surface area (Å²) in [6.07, 6.45) is 8.74. The van der Waals surface area contributed by atoms with E-state index in [4.69, 9.17) is 5.73 Å². The summed E-state index contributed by atoms with van der Waals surface area (Å²) < 4.78 is 41.6. The molecule has 3 rings (SSSR count). The summed E-state index contributed by atoms with van der Waals surface area (Å²) in [5.41, 5.74) is 7.13. The lowest BCUT2D eigenvalue weighted by Crippen LogP contribution is -2.25. The zero-order valence-electron chi connectivity index (χ0n) is 14.1. The molecule has 0 unspecified atom stereocenters. The lowest BCUT2D eigenvalue weighted by atomic mass is 9.87. The van der Waals surface area contributed by atoms with E-state index in [9.17, 15) is 13.2 Å². The van der Waals surface area contributed by atoms with Gasteiger partial charge in [0.1, 0.15) is 5.82 Å². The van der Waals surface area contributed by atoms with Crippen molar-refractivity contribution >= 4 is 0 Å². The van der Waals surface area contributed by atoms with Crippen LogP contribution in [0.4, 0.5) is 13.2 Å². The van der Waals surface area contributed by atoms with E-state index in [0.717, 1.165) is 24.6 Å². The number of hydrogen-bond donors (Lipinski definition) is 1. The van der Waals surface area contributed by atoms with Crippen LogP contribution in [0.5, 0.6) is 0 Å². The number of halogens is 3. The summed E-state index contributed by atoms with van der Waals surface area (Å²) in [4.78, 5) is 0. The Bertz CT molecular complexity index is 710. The monoisotopic (exact) mass is 352 g/mol. The first-order chi connectivity index (χ1) is 12.0. The molecule has 25 heavy (non-hydrogen) atoms. The van der Waals surface area contributed by atoms with Gasteiger partial charge in [0.25, 0.3) is 0 Å². The molecule has 1 heterocycles. The molecule has 136 valence electrons. The van der Waals surface area contributed by atoms with Crippen LogP contribution < -0.4 is 5.73 Å². The topological polar surface area (TPSA) is 56.7 Å². The van der Waals surface area contributed by atoms with E-state index in [1.807, 2.05) is 6.20 Å². The van der Waals surface area contributed by atoms with Crippen LogP contribution in [0, 0.1) is 17.5 Å². The van der Waals surface area contributed by atoms with Crippen LogP contribution >= 0.6 is 0 Å². The van der Waals surface area contributed by atoms with Crippen molar-refractivity contribution < 1.29 is 13.2 Å². The van der Waals surface area contributed by atoms with Gasteiger partial charge >= 0.3 is 0 Å². The normalized spacial score (nSPS) is 17.0. The zero-order chi connectivity index (χ0) is 17.8. The number of nitrogens with zero attached hydrogens (tertiary/aromatic N) is 3. The minimum absolute atomic E-state index is 0.0906. The molecular formula is C18H23F3N4. The zero-order valence-corrected chi connectivity index (χ0v) is 14.1. The molecule has 1 aromatic carbocycles. The van der Waals surface area contributed by atoms with Gasteiger partial charge in [0.2, 0.25) is 0 Å². The molecule has 7 heteroatoms. The first-order valence-corrected chi connectivity index (χ1v) is 8.82. The Hall–Kier alpha value is -1.89. The second kappa shape index (κ2) is 7.99. The summed E-state index contributed by atoms with van der Waals surface area (Å²) in [6.45, 7) is 0.562. The van der Waals surface area contributed by atoms with E-state index < -0.39 is 17.5 Å². The van der Waals surface area contributed by atoms with E-state index in [0.29, 0.717) is 24.9 Å². The molecule has 1 atom stereocenters. The summed E-state index contributed by atoms with van der Waals surface area (Å²) in [6, 6.07) is 1.06. The van der Waals surface area contributed by atoms with Gasteiger partial charge in [-0.1, -0.05) is 24.5 Å². The second-order valence-corrected chi connectivity index (χ2v) is 6.85. The lowest BCUT2D eigenvalue weighted by Gasteiger charge is -2.18. The van der Waals surface area contributed by atoms with E-state index in [1.165, 1.54) is 19.3 Å². The van der Waals surface area contributed by atoms with Crippen LogP contribution in [0.25, 0.3) is 0 Å². The Balaban J connectivity index is 1.53. The number of benzene rings is 1. The molecule has 0 saturated heterocycles. The number of aromatic nitrogens is 3. The van der Waals surface area contributed by atoms with Crippen LogP contribution in [-0.4, -0.2) is 21.0 Å². The van der Waals surface area contributed by atoms with Gasteiger partial charge in [0.15, 0.2) is 11.6 Å². The van der Waals surface area contributed by atoms with Crippen molar-refractivity contribution in [1.82, 2.24) is 15.0 Å². The average molecular weight is 352 g/mol. The molecule has 0 amide bonds. The van der Waals surface area contributed by atoms with Gasteiger partial charge in [-0.05, 0) is 37.3 Å². The van der Waals surface area contributed by atoms with Crippen molar-refractivity contribution in [2.75, 3.05) is 0 Å². The van der Waals surface area contributed by atoms with E-state index >= 15 is 0 Å². The highest BCUT2D eigenvalue weighted by Gasteiger charge is 2.19. The lowest BCUT2D eigenvalue weighted by molar-refractivity contribution is 0.436. The molecule has 2 aromatic rings. The number of rotatable bonds is 6. The van der Waals surface area contributed by atoms with Crippen LogP contribution in [-0.2, 0) is 13.0 Å². The fourth-order valence-electron chi connectivity index (χ4n) is 3.41. The van der Waals surface area contributed by atoms with Gasteiger partial charge in [0.05, 0.1) is 5.69 Å². The molecule has 2 N–H and O–H groups in total. The highest BCUT2D eigenvalue weighted by atomic mass is 19.2. The van der Waals surface area contributed by atoms with E-state index in [-0.39, 0.29) is 18.0 Å². The third-order valence-corrected chi connectivity index (χ3v) is 4.88. The molecule has 1 aromatic heterocycles. The third-order valence-electron chi connectivity index (χ3n) is 4.88. The van der Waals surface area contributed by atoms with Crippen molar-refractivity contribution in [2.45, 2.75) is 63.5 Å². The Morgan fingerprint density at radius 3 is 2.56 bits per heavy atom. The minimum Gasteiger partial charge on any atom is -0.327 e. The van der Waals surface area contributed by atoms with Crippen molar-refractivity contribution in [3.8, 4) is 0 Å². The Morgan fingerprint density at radius 2 is 1.80 bits per heavy atom. The summed E-state index contributed by atoms with van der Waals surface area (Å²) in [5, 5.41) is 8.40. The second-order valence-electron chi connectivity index (χ2n) is 6.85. The van der Waals surface area contributed by atoms with Crippen LogP contribution in [0.3, 0.4) is 0 Å². The molecule has 1 fully saturated rings. The summed E-state index contributed by atoms with van der Waals surface area (Å²) >= 11 is 0. The highest BCUT2D eigenvalue weighted by Crippen LogP contribution is 2.31. The van der Waals surface area contributed by atoms with Gasteiger partial charge in [-0.25, -0.2) is 13.2 Å². The van der Waals surface area contributed by atoms with Gasteiger partial charge in [-0.15, -0.1) is 5.10 Å². The predicted octanol–water partition coefficient (Wildman–Crippen LogP) is 3.70. The summed E-state index contributed by atoms with van der Waals surface area (Å²) in [5.74, 6) is -2.52. The first kappa shape index (κ1) is 17.9. The predicted molar refractivity (Wildman–Crippen MR) is 88.5 cm³/mol. The number of hydrogen-bond acceptors (Lipinski definition) is 3. The summed E-state index contributed by atoms with van der Waals surface area (Å²) in [7, 11) is 0. The Kier molecular flexibility index (Phi) is 5.73. The Morgan fingerprint density at radius 1 is 1.08 bits per heavy atom. The molecule has 1 saturated carbocycles.